The molecule has 0 aliphatic heterocycles. The predicted octanol–water partition coefficient (Wildman–Crippen LogP) is 2.18. The maximum absolute atomic E-state index is 12.5. The van der Waals surface area contributed by atoms with Crippen LogP contribution in [0.5, 0.6) is 11.5 Å². The summed E-state index contributed by atoms with van der Waals surface area (Å²) in [5.41, 5.74) is 1.75. The molecule has 2 rings (SSSR count). The minimum Gasteiger partial charge on any atom is -0.497 e. The first-order valence-corrected chi connectivity index (χ1v) is 9.48. The normalized spacial score (nSPS) is 11.0. The van der Waals surface area contributed by atoms with Crippen molar-refractivity contribution in [1.29, 1.82) is 0 Å². The van der Waals surface area contributed by atoms with Gasteiger partial charge in [-0.05, 0) is 36.2 Å². The first-order valence-electron chi connectivity index (χ1n) is 8.00. The monoisotopic (exact) mass is 378 g/mol. The van der Waals surface area contributed by atoms with Crippen LogP contribution in [-0.2, 0) is 21.2 Å². The van der Waals surface area contributed by atoms with Crippen LogP contribution in [0.3, 0.4) is 0 Å². The molecule has 0 spiro atoms. The van der Waals surface area contributed by atoms with Gasteiger partial charge in [0.05, 0.1) is 20.8 Å². The Kier molecular flexibility index (Phi) is 6.59. The van der Waals surface area contributed by atoms with E-state index in [0.717, 1.165) is 12.0 Å². The largest absolute Gasteiger partial charge is 0.497 e. The molecule has 0 saturated carbocycles. The van der Waals surface area contributed by atoms with E-state index in [1.165, 1.54) is 26.4 Å². The lowest BCUT2D eigenvalue weighted by Gasteiger charge is -2.12. The summed E-state index contributed by atoms with van der Waals surface area (Å²) in [7, 11) is -1.15. The van der Waals surface area contributed by atoms with Gasteiger partial charge in [-0.25, -0.2) is 13.1 Å². The minimum absolute atomic E-state index is 0.0977. The lowest BCUT2D eigenvalue weighted by molar-refractivity contribution is -0.115. The van der Waals surface area contributed by atoms with Gasteiger partial charge < -0.3 is 14.8 Å². The Morgan fingerprint density at radius 3 is 2.31 bits per heavy atom. The molecular formula is C18H22N2O5S. The topological polar surface area (TPSA) is 93.7 Å². The number of carbonyl (C=O) groups excluding carboxylic acids is 1. The SMILES string of the molecule is CCc1ccc(NC(=O)CNS(=O)(=O)c2cc(OC)ccc2OC)cc1. The number of ether oxygens (including phenoxy) is 2. The number of methoxy groups -OCH3 is 2. The Balaban J connectivity index is 2.06. The third kappa shape index (κ3) is 4.96. The first kappa shape index (κ1) is 19.7. The fourth-order valence-electron chi connectivity index (χ4n) is 2.26. The van der Waals surface area contributed by atoms with Crippen molar-refractivity contribution in [3.63, 3.8) is 0 Å². The molecule has 1 amide bonds. The third-order valence-corrected chi connectivity index (χ3v) is 5.15. The molecule has 0 unspecified atom stereocenters. The van der Waals surface area contributed by atoms with Crippen molar-refractivity contribution in [3.05, 3.63) is 48.0 Å². The molecule has 7 nitrogen and oxygen atoms in total. The first-order chi connectivity index (χ1) is 12.4. The van der Waals surface area contributed by atoms with Crippen LogP contribution in [0.4, 0.5) is 5.69 Å². The Bertz CT molecular complexity index is 864. The van der Waals surface area contributed by atoms with Crippen molar-refractivity contribution < 1.29 is 22.7 Å². The van der Waals surface area contributed by atoms with Crippen LogP contribution in [0.15, 0.2) is 47.4 Å². The molecule has 0 fully saturated rings. The number of carbonyl (C=O) groups is 1. The van der Waals surface area contributed by atoms with E-state index in [1.807, 2.05) is 19.1 Å². The van der Waals surface area contributed by atoms with Gasteiger partial charge in [-0.2, -0.15) is 0 Å². The molecule has 140 valence electrons. The highest BCUT2D eigenvalue weighted by atomic mass is 32.2. The molecule has 0 atom stereocenters. The quantitative estimate of drug-likeness (QED) is 0.734. The fourth-order valence-corrected chi connectivity index (χ4v) is 3.43. The number of benzene rings is 2. The van der Waals surface area contributed by atoms with Crippen molar-refractivity contribution in [2.75, 3.05) is 26.1 Å². The number of rotatable bonds is 8. The molecule has 26 heavy (non-hydrogen) atoms. The van der Waals surface area contributed by atoms with E-state index in [9.17, 15) is 13.2 Å². The highest BCUT2D eigenvalue weighted by molar-refractivity contribution is 7.89. The zero-order chi connectivity index (χ0) is 19.2. The molecule has 0 aliphatic rings. The lowest BCUT2D eigenvalue weighted by Crippen LogP contribution is -2.33. The molecule has 0 saturated heterocycles. The Labute approximate surface area is 153 Å². The summed E-state index contributed by atoms with van der Waals surface area (Å²) in [5, 5.41) is 2.65. The van der Waals surface area contributed by atoms with Gasteiger partial charge in [0.15, 0.2) is 0 Å². The van der Waals surface area contributed by atoms with Crippen LogP contribution in [0.25, 0.3) is 0 Å². The Morgan fingerprint density at radius 2 is 1.73 bits per heavy atom. The minimum atomic E-state index is -3.95. The Morgan fingerprint density at radius 1 is 1.04 bits per heavy atom. The van der Waals surface area contributed by atoms with Gasteiger partial charge in [0.2, 0.25) is 15.9 Å². The number of amides is 1. The van der Waals surface area contributed by atoms with E-state index in [4.69, 9.17) is 9.47 Å². The van der Waals surface area contributed by atoms with Crippen LogP contribution < -0.4 is 19.5 Å². The van der Waals surface area contributed by atoms with Crippen molar-refractivity contribution >= 4 is 21.6 Å². The number of anilines is 1. The number of aryl methyl sites for hydroxylation is 1. The lowest BCUT2D eigenvalue weighted by atomic mass is 10.1. The fraction of sp³-hybridized carbons (Fsp3) is 0.278. The summed E-state index contributed by atoms with van der Waals surface area (Å²) >= 11 is 0. The standard InChI is InChI=1S/C18H22N2O5S/c1-4-13-5-7-14(8-6-13)20-18(21)12-19-26(22,23)17-11-15(24-2)9-10-16(17)25-3/h5-11,19H,4,12H2,1-3H3,(H,20,21). The van der Waals surface area contributed by atoms with E-state index in [0.29, 0.717) is 11.4 Å². The molecule has 2 N–H and O–H groups in total. The molecule has 0 aromatic heterocycles. The summed E-state index contributed by atoms with van der Waals surface area (Å²) < 4.78 is 37.4. The number of hydrogen-bond acceptors (Lipinski definition) is 5. The van der Waals surface area contributed by atoms with Crippen LogP contribution in [-0.4, -0.2) is 35.1 Å². The highest BCUT2D eigenvalue weighted by Gasteiger charge is 2.21. The molecule has 2 aromatic rings. The zero-order valence-electron chi connectivity index (χ0n) is 14.9. The van der Waals surface area contributed by atoms with Gasteiger partial charge in [-0.3, -0.25) is 4.79 Å². The molecule has 0 bridgehead atoms. The van der Waals surface area contributed by atoms with Crippen LogP contribution in [0, 0.1) is 0 Å². The summed E-state index contributed by atoms with van der Waals surface area (Å²) in [6.07, 6.45) is 0.899. The molecule has 0 radical (unpaired) electrons. The average Bonchev–Trinajstić information content (AvgIpc) is 2.66. The zero-order valence-corrected chi connectivity index (χ0v) is 15.7. The number of sulfonamides is 1. The smallest absolute Gasteiger partial charge is 0.244 e. The second kappa shape index (κ2) is 8.68. The van der Waals surface area contributed by atoms with E-state index >= 15 is 0 Å². The molecule has 2 aromatic carbocycles. The van der Waals surface area contributed by atoms with Gasteiger partial charge in [-0.15, -0.1) is 0 Å². The van der Waals surface area contributed by atoms with E-state index in [1.54, 1.807) is 18.2 Å². The van der Waals surface area contributed by atoms with Crippen LogP contribution in [0.1, 0.15) is 12.5 Å². The second-order valence-corrected chi connectivity index (χ2v) is 7.18. The summed E-state index contributed by atoms with van der Waals surface area (Å²) in [6.45, 7) is 1.63. The van der Waals surface area contributed by atoms with Gasteiger partial charge in [0.1, 0.15) is 16.4 Å². The summed E-state index contributed by atoms with van der Waals surface area (Å²) in [4.78, 5) is 11.9. The molecule has 0 aliphatic carbocycles. The predicted molar refractivity (Wildman–Crippen MR) is 99.2 cm³/mol. The van der Waals surface area contributed by atoms with Gasteiger partial charge >= 0.3 is 0 Å². The van der Waals surface area contributed by atoms with Crippen molar-refractivity contribution in [2.24, 2.45) is 0 Å². The van der Waals surface area contributed by atoms with E-state index < -0.39 is 22.5 Å². The third-order valence-electron chi connectivity index (χ3n) is 3.73. The van der Waals surface area contributed by atoms with Crippen molar-refractivity contribution in [1.82, 2.24) is 4.72 Å². The second-order valence-electron chi connectivity index (χ2n) is 5.44. The molecule has 8 heteroatoms. The van der Waals surface area contributed by atoms with Crippen molar-refractivity contribution in [3.8, 4) is 11.5 Å². The van der Waals surface area contributed by atoms with E-state index in [2.05, 4.69) is 10.0 Å². The number of nitrogens with one attached hydrogen (secondary N) is 2. The molecular weight excluding hydrogens is 356 g/mol. The summed E-state index contributed by atoms with van der Waals surface area (Å²) in [6, 6.07) is 11.8. The Hall–Kier alpha value is -2.58. The maximum atomic E-state index is 12.5. The maximum Gasteiger partial charge on any atom is 0.244 e. The van der Waals surface area contributed by atoms with Crippen molar-refractivity contribution in [2.45, 2.75) is 18.2 Å². The van der Waals surface area contributed by atoms with Crippen LogP contribution >= 0.6 is 0 Å². The average molecular weight is 378 g/mol. The summed E-state index contributed by atoms with van der Waals surface area (Å²) in [5.74, 6) is 0.0557. The molecule has 0 heterocycles. The highest BCUT2D eigenvalue weighted by Crippen LogP contribution is 2.27. The van der Waals surface area contributed by atoms with E-state index in [-0.39, 0.29) is 10.6 Å². The number of hydrogen-bond donors (Lipinski definition) is 2. The van der Waals surface area contributed by atoms with Crippen LogP contribution in [0.2, 0.25) is 0 Å². The van der Waals surface area contributed by atoms with Gasteiger partial charge in [0, 0.05) is 11.8 Å². The van der Waals surface area contributed by atoms with Gasteiger partial charge in [-0.1, -0.05) is 19.1 Å². The van der Waals surface area contributed by atoms with Gasteiger partial charge in [0.25, 0.3) is 0 Å².